The Kier molecular flexibility index (Phi) is 7.36. The summed E-state index contributed by atoms with van der Waals surface area (Å²) in [6.07, 6.45) is 1.82. The van der Waals surface area contributed by atoms with Crippen molar-refractivity contribution in [2.75, 3.05) is 26.1 Å². The number of carbonyl (C=O) groups is 2. The monoisotopic (exact) mass is 435 g/mol. The minimum absolute atomic E-state index is 0.373. The lowest BCUT2D eigenvalue weighted by molar-refractivity contribution is -0.144. The molecule has 0 saturated heterocycles. The van der Waals surface area contributed by atoms with Gasteiger partial charge in [-0.3, -0.25) is 4.79 Å². The van der Waals surface area contributed by atoms with Crippen LogP contribution in [-0.2, 0) is 19.1 Å². The zero-order valence-corrected chi connectivity index (χ0v) is 19.1. The Morgan fingerprint density at radius 3 is 2.16 bits per heavy atom. The Bertz CT molecular complexity index is 1030. The van der Waals surface area contributed by atoms with E-state index in [0.29, 0.717) is 17.9 Å². The van der Waals surface area contributed by atoms with E-state index in [0.717, 1.165) is 28.1 Å². The highest BCUT2D eigenvalue weighted by Gasteiger charge is 2.41. The summed E-state index contributed by atoms with van der Waals surface area (Å²) in [7, 11) is 2.69. The van der Waals surface area contributed by atoms with Crippen LogP contribution in [0.15, 0.2) is 71.5 Å². The van der Waals surface area contributed by atoms with E-state index in [2.05, 4.69) is 5.32 Å². The summed E-state index contributed by atoms with van der Waals surface area (Å²) in [6, 6.07) is 15.3. The molecule has 0 aromatic heterocycles. The molecule has 0 amide bonds. The van der Waals surface area contributed by atoms with Gasteiger partial charge in [-0.25, -0.2) is 4.79 Å². The molecule has 1 aliphatic carbocycles. The second kappa shape index (κ2) is 10.2. The lowest BCUT2D eigenvalue weighted by atomic mass is 9.72. The highest BCUT2D eigenvalue weighted by atomic mass is 16.5. The van der Waals surface area contributed by atoms with Crippen molar-refractivity contribution in [3.8, 4) is 5.75 Å². The lowest BCUT2D eigenvalue weighted by Gasteiger charge is -2.33. The molecule has 0 saturated carbocycles. The standard InChI is InChI=1S/C26H29NO5/c1-6-32-20-13-9-18(10-14-20)23-22(25(28)30-4)17(3)15-21(24(23)26(29)31-5)27-19-11-7-16(2)8-12-19/h7-15,22-23,27H,6H2,1-5H3/t22-,23+/m1/s1. The molecule has 3 rings (SSSR count). The van der Waals surface area contributed by atoms with Crippen LogP contribution in [0.25, 0.3) is 0 Å². The quantitative estimate of drug-likeness (QED) is 0.632. The molecule has 2 aromatic rings. The summed E-state index contributed by atoms with van der Waals surface area (Å²) in [5.41, 5.74) is 4.51. The van der Waals surface area contributed by atoms with Gasteiger partial charge in [-0.15, -0.1) is 0 Å². The van der Waals surface area contributed by atoms with Gasteiger partial charge in [-0.05, 0) is 56.7 Å². The molecule has 6 nitrogen and oxygen atoms in total. The molecule has 0 fully saturated rings. The number of hydrogen-bond donors (Lipinski definition) is 1. The molecule has 0 radical (unpaired) electrons. The van der Waals surface area contributed by atoms with Gasteiger partial charge in [-0.1, -0.05) is 35.4 Å². The first-order valence-corrected chi connectivity index (χ1v) is 10.5. The van der Waals surface area contributed by atoms with Crippen molar-refractivity contribution in [3.63, 3.8) is 0 Å². The number of methoxy groups -OCH3 is 2. The van der Waals surface area contributed by atoms with Gasteiger partial charge in [0.2, 0.25) is 0 Å². The molecule has 1 N–H and O–H groups in total. The van der Waals surface area contributed by atoms with E-state index in [1.165, 1.54) is 14.2 Å². The number of aryl methyl sites for hydroxylation is 1. The first-order chi connectivity index (χ1) is 15.4. The number of ether oxygens (including phenoxy) is 3. The van der Waals surface area contributed by atoms with Gasteiger partial charge in [0, 0.05) is 17.3 Å². The highest BCUT2D eigenvalue weighted by molar-refractivity contribution is 5.95. The van der Waals surface area contributed by atoms with E-state index in [9.17, 15) is 9.59 Å². The number of hydrogen-bond acceptors (Lipinski definition) is 6. The molecule has 0 heterocycles. The molecule has 0 unspecified atom stereocenters. The number of carbonyl (C=O) groups excluding carboxylic acids is 2. The van der Waals surface area contributed by atoms with Gasteiger partial charge >= 0.3 is 11.9 Å². The average Bonchev–Trinajstić information content (AvgIpc) is 2.80. The summed E-state index contributed by atoms with van der Waals surface area (Å²) in [4.78, 5) is 25.8. The fraction of sp³-hybridized carbons (Fsp3) is 0.308. The average molecular weight is 436 g/mol. The molecular weight excluding hydrogens is 406 g/mol. The molecule has 32 heavy (non-hydrogen) atoms. The van der Waals surface area contributed by atoms with Crippen LogP contribution in [0.5, 0.6) is 5.75 Å². The van der Waals surface area contributed by atoms with Crippen molar-refractivity contribution >= 4 is 17.6 Å². The predicted molar refractivity (Wildman–Crippen MR) is 123 cm³/mol. The zero-order chi connectivity index (χ0) is 23.3. The summed E-state index contributed by atoms with van der Waals surface area (Å²) in [5, 5.41) is 3.34. The highest BCUT2D eigenvalue weighted by Crippen LogP contribution is 2.43. The summed E-state index contributed by atoms with van der Waals surface area (Å²) < 4.78 is 15.8. The number of allylic oxidation sites excluding steroid dienone is 1. The molecular formula is C26H29NO5. The second-order valence-corrected chi connectivity index (χ2v) is 7.68. The largest absolute Gasteiger partial charge is 0.494 e. The molecule has 1 aliphatic rings. The first kappa shape index (κ1) is 23.1. The Balaban J connectivity index is 2.16. The molecule has 2 aromatic carbocycles. The summed E-state index contributed by atoms with van der Waals surface area (Å²) in [6.45, 7) is 6.34. The third kappa shape index (κ3) is 4.85. The molecule has 2 atom stereocenters. The fourth-order valence-electron chi connectivity index (χ4n) is 3.98. The van der Waals surface area contributed by atoms with Gasteiger partial charge in [-0.2, -0.15) is 0 Å². The second-order valence-electron chi connectivity index (χ2n) is 7.68. The van der Waals surface area contributed by atoms with Crippen molar-refractivity contribution in [1.29, 1.82) is 0 Å². The van der Waals surface area contributed by atoms with Crippen LogP contribution in [0.3, 0.4) is 0 Å². The Morgan fingerprint density at radius 1 is 0.938 bits per heavy atom. The minimum atomic E-state index is -0.657. The number of nitrogens with one attached hydrogen (secondary N) is 1. The molecule has 0 bridgehead atoms. The van der Waals surface area contributed by atoms with E-state index >= 15 is 0 Å². The summed E-state index contributed by atoms with van der Waals surface area (Å²) in [5.74, 6) is -1.43. The van der Waals surface area contributed by atoms with Crippen LogP contribution in [0, 0.1) is 12.8 Å². The first-order valence-electron chi connectivity index (χ1n) is 10.5. The van der Waals surface area contributed by atoms with Gasteiger partial charge in [0.25, 0.3) is 0 Å². The van der Waals surface area contributed by atoms with Crippen molar-refractivity contribution < 1.29 is 23.8 Å². The van der Waals surface area contributed by atoms with Crippen molar-refractivity contribution in [3.05, 3.63) is 82.6 Å². The van der Waals surface area contributed by atoms with Crippen LogP contribution < -0.4 is 10.1 Å². The van der Waals surface area contributed by atoms with Crippen LogP contribution in [0.2, 0.25) is 0 Å². The molecule has 168 valence electrons. The zero-order valence-electron chi connectivity index (χ0n) is 19.1. The SMILES string of the molecule is CCOc1ccc([C@@H]2C(C(=O)OC)=C(Nc3ccc(C)cc3)C=C(C)[C@H]2C(=O)OC)cc1. The van der Waals surface area contributed by atoms with E-state index in [4.69, 9.17) is 14.2 Å². The minimum Gasteiger partial charge on any atom is -0.494 e. The molecule has 0 aliphatic heterocycles. The Labute approximate surface area is 188 Å². The third-order valence-electron chi connectivity index (χ3n) is 5.54. The predicted octanol–water partition coefficient (Wildman–Crippen LogP) is 4.77. The van der Waals surface area contributed by atoms with Crippen molar-refractivity contribution in [2.24, 2.45) is 5.92 Å². The number of esters is 2. The van der Waals surface area contributed by atoms with E-state index in [1.54, 1.807) is 0 Å². The van der Waals surface area contributed by atoms with Crippen LogP contribution in [0.1, 0.15) is 30.9 Å². The smallest absolute Gasteiger partial charge is 0.336 e. The summed E-state index contributed by atoms with van der Waals surface area (Å²) >= 11 is 0. The van der Waals surface area contributed by atoms with Gasteiger partial charge in [0.15, 0.2) is 0 Å². The maximum absolute atomic E-state index is 13.0. The van der Waals surface area contributed by atoms with Crippen LogP contribution in [-0.4, -0.2) is 32.8 Å². The lowest BCUT2D eigenvalue weighted by Crippen LogP contribution is -2.33. The van der Waals surface area contributed by atoms with Crippen molar-refractivity contribution in [2.45, 2.75) is 26.7 Å². The van der Waals surface area contributed by atoms with Crippen LogP contribution >= 0.6 is 0 Å². The van der Waals surface area contributed by atoms with E-state index < -0.39 is 23.8 Å². The third-order valence-corrected chi connectivity index (χ3v) is 5.54. The van der Waals surface area contributed by atoms with Gasteiger partial charge < -0.3 is 19.5 Å². The Hall–Kier alpha value is -3.54. The maximum Gasteiger partial charge on any atom is 0.336 e. The number of rotatable bonds is 7. The maximum atomic E-state index is 13.0. The topological polar surface area (TPSA) is 73.9 Å². The Morgan fingerprint density at radius 2 is 1.59 bits per heavy atom. The van der Waals surface area contributed by atoms with Crippen molar-refractivity contribution in [1.82, 2.24) is 0 Å². The molecule has 6 heteroatoms. The number of anilines is 1. The molecule has 0 spiro atoms. The van der Waals surface area contributed by atoms with E-state index in [1.807, 2.05) is 75.4 Å². The van der Waals surface area contributed by atoms with E-state index in [-0.39, 0.29) is 0 Å². The van der Waals surface area contributed by atoms with Crippen LogP contribution in [0.4, 0.5) is 5.69 Å². The fourth-order valence-corrected chi connectivity index (χ4v) is 3.98. The normalized spacial score (nSPS) is 18.0. The van der Waals surface area contributed by atoms with Gasteiger partial charge in [0.1, 0.15) is 5.75 Å². The number of benzene rings is 2. The van der Waals surface area contributed by atoms with Gasteiger partial charge in [0.05, 0.1) is 32.3 Å².